The van der Waals surface area contributed by atoms with E-state index in [0.717, 1.165) is 22.3 Å². The van der Waals surface area contributed by atoms with E-state index in [9.17, 15) is 24.3 Å². The Kier molecular flexibility index (Phi) is 7.55. The lowest BCUT2D eigenvalue weighted by Crippen LogP contribution is -2.50. The highest BCUT2D eigenvalue weighted by Gasteiger charge is 2.32. The molecule has 0 saturated carbocycles. The van der Waals surface area contributed by atoms with Crippen LogP contribution in [0.2, 0.25) is 0 Å². The average Bonchev–Trinajstić information content (AvgIpc) is 3.13. The number of carboxylic acid groups (broad SMARTS) is 1. The van der Waals surface area contributed by atoms with E-state index < -0.39 is 41.8 Å². The van der Waals surface area contributed by atoms with Gasteiger partial charge in [0.25, 0.3) is 0 Å². The van der Waals surface area contributed by atoms with E-state index in [1.165, 1.54) is 7.11 Å². The maximum Gasteiger partial charge on any atom is 0.407 e. The first kappa shape index (κ1) is 24.8. The van der Waals surface area contributed by atoms with Crippen LogP contribution in [0.3, 0.4) is 0 Å². The van der Waals surface area contributed by atoms with Crippen molar-refractivity contribution in [2.45, 2.75) is 32.2 Å². The normalized spacial score (nSPS) is 13.3. The summed E-state index contributed by atoms with van der Waals surface area (Å²) in [5.41, 5.74) is 3.18. The van der Waals surface area contributed by atoms with Crippen molar-refractivity contribution in [1.29, 1.82) is 0 Å². The lowest BCUT2D eigenvalue weighted by molar-refractivity contribution is -0.151. The third-order valence-corrected chi connectivity index (χ3v) is 5.77. The van der Waals surface area contributed by atoms with Gasteiger partial charge in [-0.15, -0.1) is 0 Å². The summed E-state index contributed by atoms with van der Waals surface area (Å²) in [5, 5.41) is 14.0. The second kappa shape index (κ2) is 10.4. The lowest BCUT2D eigenvalue weighted by Gasteiger charge is -2.24. The Labute approximate surface area is 197 Å². The molecule has 34 heavy (non-hydrogen) atoms. The molecule has 3 rings (SSSR count). The summed E-state index contributed by atoms with van der Waals surface area (Å²) in [6.45, 7) is 3.08. The van der Waals surface area contributed by atoms with Crippen LogP contribution in [-0.4, -0.2) is 55.3 Å². The summed E-state index contributed by atoms with van der Waals surface area (Å²) in [7, 11) is 1.23. The smallest absolute Gasteiger partial charge is 0.407 e. The van der Waals surface area contributed by atoms with Gasteiger partial charge in [0.05, 0.1) is 18.9 Å². The summed E-state index contributed by atoms with van der Waals surface area (Å²) in [5.74, 6) is -2.72. The van der Waals surface area contributed by atoms with Crippen molar-refractivity contribution in [3.05, 3.63) is 59.7 Å². The van der Waals surface area contributed by atoms with Gasteiger partial charge in [0, 0.05) is 12.5 Å². The molecular formula is C25H28N2O7. The maximum absolute atomic E-state index is 12.6. The number of ether oxygens (including phenoxy) is 2. The van der Waals surface area contributed by atoms with Crippen molar-refractivity contribution in [3.63, 3.8) is 0 Å². The van der Waals surface area contributed by atoms with Crippen molar-refractivity contribution >= 4 is 23.9 Å². The highest BCUT2D eigenvalue weighted by molar-refractivity contribution is 5.89. The molecule has 1 unspecified atom stereocenters. The molecule has 2 amide bonds. The van der Waals surface area contributed by atoms with Gasteiger partial charge in [0.15, 0.2) is 0 Å². The number of carbonyl (C=O) groups excluding carboxylic acids is 3. The molecule has 2 aromatic carbocycles. The predicted molar refractivity (Wildman–Crippen MR) is 123 cm³/mol. The van der Waals surface area contributed by atoms with Crippen molar-refractivity contribution in [1.82, 2.24) is 10.6 Å². The molecule has 3 N–H and O–H groups in total. The van der Waals surface area contributed by atoms with E-state index >= 15 is 0 Å². The Morgan fingerprint density at radius 2 is 1.56 bits per heavy atom. The first-order chi connectivity index (χ1) is 16.1. The van der Waals surface area contributed by atoms with Crippen LogP contribution in [0.4, 0.5) is 4.79 Å². The first-order valence-electron chi connectivity index (χ1n) is 10.8. The largest absolute Gasteiger partial charge is 0.481 e. The number of benzene rings is 2. The number of esters is 1. The zero-order chi connectivity index (χ0) is 24.9. The van der Waals surface area contributed by atoms with E-state index in [-0.39, 0.29) is 19.1 Å². The molecule has 1 atom stereocenters. The second-order valence-corrected chi connectivity index (χ2v) is 8.71. The minimum absolute atomic E-state index is 0.0244. The van der Waals surface area contributed by atoms with Crippen LogP contribution in [0.25, 0.3) is 11.1 Å². The molecule has 0 heterocycles. The fourth-order valence-corrected chi connectivity index (χ4v) is 3.95. The molecule has 9 nitrogen and oxygen atoms in total. The van der Waals surface area contributed by atoms with Crippen LogP contribution >= 0.6 is 0 Å². The van der Waals surface area contributed by atoms with Gasteiger partial charge >= 0.3 is 18.0 Å². The topological polar surface area (TPSA) is 131 Å². The molecule has 180 valence electrons. The number of methoxy groups -OCH3 is 1. The third kappa shape index (κ3) is 5.54. The van der Waals surface area contributed by atoms with Crippen molar-refractivity contribution < 1.29 is 33.8 Å². The minimum Gasteiger partial charge on any atom is -0.481 e. The Balaban J connectivity index is 1.64. The Hall–Kier alpha value is -3.88. The van der Waals surface area contributed by atoms with Gasteiger partial charge in [-0.1, -0.05) is 48.5 Å². The number of rotatable bonds is 9. The zero-order valence-electron chi connectivity index (χ0n) is 19.3. The highest BCUT2D eigenvalue weighted by atomic mass is 16.5. The zero-order valence-corrected chi connectivity index (χ0v) is 19.3. The molecule has 0 radical (unpaired) electrons. The summed E-state index contributed by atoms with van der Waals surface area (Å²) >= 11 is 0. The molecule has 1 aliphatic carbocycles. The van der Waals surface area contributed by atoms with Crippen molar-refractivity contribution in [2.24, 2.45) is 5.41 Å². The number of nitrogens with one attached hydrogen (secondary N) is 2. The van der Waals surface area contributed by atoms with Crippen molar-refractivity contribution in [3.8, 4) is 11.1 Å². The van der Waals surface area contributed by atoms with Gasteiger partial charge in [0.1, 0.15) is 12.6 Å². The van der Waals surface area contributed by atoms with Gasteiger partial charge in [-0.2, -0.15) is 0 Å². The van der Waals surface area contributed by atoms with Gasteiger partial charge in [-0.25, -0.2) is 4.79 Å². The van der Waals surface area contributed by atoms with Crippen LogP contribution in [0, 0.1) is 5.41 Å². The Morgan fingerprint density at radius 3 is 2.09 bits per heavy atom. The molecule has 2 aromatic rings. The van der Waals surface area contributed by atoms with Gasteiger partial charge < -0.3 is 25.2 Å². The van der Waals surface area contributed by atoms with Gasteiger partial charge in [0.2, 0.25) is 5.91 Å². The fraction of sp³-hybridized carbons (Fsp3) is 0.360. The summed E-state index contributed by atoms with van der Waals surface area (Å²) in [4.78, 5) is 48.1. The molecule has 9 heteroatoms. The summed E-state index contributed by atoms with van der Waals surface area (Å²) in [6, 6.07) is 14.3. The number of carbonyl (C=O) groups is 4. The molecule has 0 aromatic heterocycles. The standard InChI is InChI=1S/C25H28N2O7/c1-25(2,23(31)33-3)14-26-22(30)20(12-21(28)29)27-24(32)34-13-19-17-10-6-4-8-15(17)16-9-5-7-11-18(16)19/h4-11,19-20H,12-14H2,1-3H3,(H,26,30)(H,27,32)(H,28,29). The van der Waals surface area contributed by atoms with Crippen LogP contribution in [0.1, 0.15) is 37.3 Å². The fourth-order valence-electron chi connectivity index (χ4n) is 3.95. The first-order valence-corrected chi connectivity index (χ1v) is 10.8. The highest BCUT2D eigenvalue weighted by Crippen LogP contribution is 2.44. The van der Waals surface area contributed by atoms with Crippen molar-refractivity contribution in [2.75, 3.05) is 20.3 Å². The van der Waals surface area contributed by atoms with Crippen LogP contribution in [-0.2, 0) is 23.9 Å². The number of aliphatic carboxylic acids is 1. The molecule has 0 fully saturated rings. The van der Waals surface area contributed by atoms with E-state index in [4.69, 9.17) is 9.47 Å². The number of hydrogen-bond donors (Lipinski definition) is 3. The number of hydrogen-bond acceptors (Lipinski definition) is 6. The van der Waals surface area contributed by atoms with Crippen LogP contribution in [0.5, 0.6) is 0 Å². The number of carboxylic acids is 1. The molecule has 0 bridgehead atoms. The number of amides is 2. The molecule has 1 aliphatic rings. The SMILES string of the molecule is COC(=O)C(C)(C)CNC(=O)C(CC(=O)O)NC(=O)OCC1c2ccccc2-c2ccccc21. The Bertz CT molecular complexity index is 1050. The molecule has 0 spiro atoms. The monoisotopic (exact) mass is 468 g/mol. The molecule has 0 saturated heterocycles. The number of alkyl carbamates (subject to hydrolysis) is 1. The third-order valence-electron chi connectivity index (χ3n) is 5.77. The van der Waals surface area contributed by atoms with Gasteiger partial charge in [-0.3, -0.25) is 14.4 Å². The second-order valence-electron chi connectivity index (χ2n) is 8.71. The van der Waals surface area contributed by atoms with Crippen LogP contribution in [0.15, 0.2) is 48.5 Å². The Morgan fingerprint density at radius 1 is 1.00 bits per heavy atom. The van der Waals surface area contributed by atoms with E-state index in [0.29, 0.717) is 0 Å². The molecular weight excluding hydrogens is 440 g/mol. The summed E-state index contributed by atoms with van der Waals surface area (Å²) in [6.07, 6.45) is -1.55. The quantitative estimate of drug-likeness (QED) is 0.482. The summed E-state index contributed by atoms with van der Waals surface area (Å²) < 4.78 is 10.1. The lowest BCUT2D eigenvalue weighted by atomic mass is 9.93. The molecule has 0 aliphatic heterocycles. The van der Waals surface area contributed by atoms with Crippen LogP contribution < -0.4 is 10.6 Å². The van der Waals surface area contributed by atoms with E-state index in [1.807, 2.05) is 48.5 Å². The van der Waals surface area contributed by atoms with E-state index in [2.05, 4.69) is 10.6 Å². The maximum atomic E-state index is 12.6. The minimum atomic E-state index is -1.37. The van der Waals surface area contributed by atoms with E-state index in [1.54, 1.807) is 13.8 Å². The number of fused-ring (bicyclic) bond motifs is 3. The predicted octanol–water partition coefficient (Wildman–Crippen LogP) is 2.68. The van der Waals surface area contributed by atoms with Gasteiger partial charge in [-0.05, 0) is 36.1 Å². The average molecular weight is 469 g/mol.